The minimum absolute atomic E-state index is 0.00796. The molecule has 1 aliphatic carbocycles. The van der Waals surface area contributed by atoms with Crippen molar-refractivity contribution in [1.29, 1.82) is 0 Å². The molecule has 0 unspecified atom stereocenters. The molecule has 2 heterocycles. The number of benzene rings is 1. The van der Waals surface area contributed by atoms with Crippen molar-refractivity contribution in [3.63, 3.8) is 0 Å². The highest BCUT2D eigenvalue weighted by Gasteiger charge is 2.30. The summed E-state index contributed by atoms with van der Waals surface area (Å²) >= 11 is 0. The fraction of sp³-hybridized carbons (Fsp3) is 0.364. The molecule has 7 heteroatoms. The summed E-state index contributed by atoms with van der Waals surface area (Å²) in [6.07, 6.45) is 8.08. The van der Waals surface area contributed by atoms with Crippen molar-refractivity contribution in [1.82, 2.24) is 19.9 Å². The van der Waals surface area contributed by atoms with Gasteiger partial charge in [0.05, 0.1) is 6.20 Å². The van der Waals surface area contributed by atoms with Crippen molar-refractivity contribution >= 4 is 23.1 Å². The van der Waals surface area contributed by atoms with E-state index in [0.29, 0.717) is 11.2 Å². The van der Waals surface area contributed by atoms with Gasteiger partial charge in [-0.3, -0.25) is 9.59 Å². The minimum atomic E-state index is -0.162. The second-order valence-electron chi connectivity index (χ2n) is 7.65. The van der Waals surface area contributed by atoms with Crippen molar-refractivity contribution < 1.29 is 9.59 Å². The lowest BCUT2D eigenvalue weighted by Gasteiger charge is -2.31. The first-order valence-electron chi connectivity index (χ1n) is 9.97. The number of anilines is 1. The summed E-state index contributed by atoms with van der Waals surface area (Å²) in [5, 5.41) is 7.25. The molecule has 2 aromatic heterocycles. The van der Waals surface area contributed by atoms with Gasteiger partial charge in [-0.25, -0.2) is 9.50 Å². The summed E-state index contributed by atoms with van der Waals surface area (Å²) in [6.45, 7) is 2.01. The first-order valence-corrected chi connectivity index (χ1v) is 9.97. The van der Waals surface area contributed by atoms with Crippen LogP contribution in [0, 0.1) is 12.8 Å². The quantitative estimate of drug-likeness (QED) is 0.741. The predicted octanol–water partition coefficient (Wildman–Crippen LogP) is 2.99. The van der Waals surface area contributed by atoms with Gasteiger partial charge in [0.25, 0.3) is 5.91 Å². The van der Waals surface area contributed by atoms with Gasteiger partial charge in [-0.15, -0.1) is 0 Å². The van der Waals surface area contributed by atoms with Gasteiger partial charge < -0.3 is 10.2 Å². The highest BCUT2D eigenvalue weighted by Crippen LogP contribution is 2.28. The number of aromatic nitrogens is 3. The van der Waals surface area contributed by atoms with Crippen LogP contribution in [-0.4, -0.2) is 39.5 Å². The highest BCUT2D eigenvalue weighted by atomic mass is 16.2. The van der Waals surface area contributed by atoms with E-state index in [9.17, 15) is 9.59 Å². The summed E-state index contributed by atoms with van der Waals surface area (Å²) in [5.74, 6) is -0.0205. The van der Waals surface area contributed by atoms with E-state index < -0.39 is 0 Å². The van der Waals surface area contributed by atoms with E-state index in [4.69, 9.17) is 0 Å². The Bertz CT molecular complexity index is 1040. The van der Waals surface area contributed by atoms with Gasteiger partial charge in [-0.1, -0.05) is 18.2 Å². The second kappa shape index (κ2) is 8.03. The Morgan fingerprint density at radius 3 is 2.66 bits per heavy atom. The molecule has 1 saturated carbocycles. The van der Waals surface area contributed by atoms with Gasteiger partial charge in [0, 0.05) is 37.1 Å². The molecule has 29 heavy (non-hydrogen) atoms. The van der Waals surface area contributed by atoms with E-state index in [1.807, 2.05) is 38.2 Å². The Labute approximate surface area is 169 Å². The van der Waals surface area contributed by atoms with Crippen LogP contribution in [0.1, 0.15) is 41.6 Å². The lowest BCUT2D eigenvalue weighted by molar-refractivity contribution is -0.123. The Kier molecular flexibility index (Phi) is 5.29. The number of fused-ring (bicyclic) bond motifs is 1. The Balaban J connectivity index is 1.35. The Hall–Kier alpha value is -3.22. The van der Waals surface area contributed by atoms with Gasteiger partial charge in [0.2, 0.25) is 5.91 Å². The summed E-state index contributed by atoms with van der Waals surface area (Å²) < 4.78 is 1.59. The molecule has 0 radical (unpaired) electrons. The van der Waals surface area contributed by atoms with Crippen LogP contribution in [0.2, 0.25) is 0 Å². The molecule has 150 valence electrons. The lowest BCUT2D eigenvalue weighted by atomic mass is 9.85. The fourth-order valence-electron chi connectivity index (χ4n) is 4.07. The van der Waals surface area contributed by atoms with E-state index in [2.05, 4.69) is 15.4 Å². The van der Waals surface area contributed by atoms with Crippen molar-refractivity contribution in [3.05, 3.63) is 60.0 Å². The standard InChI is InChI=1S/C22H25N5O2/c1-15-6-3-4-7-19(15)26(2)22(29)16-8-10-17(11-9-16)25-21(28)18-14-24-27-13-5-12-23-20(18)27/h3-7,12-14,16-17H,8-11H2,1-2H3,(H,25,28)/t16-,17-. The molecule has 0 atom stereocenters. The molecule has 0 aliphatic heterocycles. The zero-order valence-corrected chi connectivity index (χ0v) is 16.7. The van der Waals surface area contributed by atoms with Crippen LogP contribution in [-0.2, 0) is 4.79 Å². The number of para-hydroxylation sites is 1. The number of aryl methyl sites for hydroxylation is 1. The number of rotatable bonds is 4. The SMILES string of the molecule is Cc1ccccc1N(C)C(=O)[C@H]1CC[C@H](NC(=O)c2cnn3cccnc23)CC1. The van der Waals surface area contributed by atoms with Gasteiger partial charge in [-0.2, -0.15) is 5.10 Å². The molecule has 2 amide bonds. The van der Waals surface area contributed by atoms with E-state index in [1.54, 1.807) is 34.1 Å². The van der Waals surface area contributed by atoms with Gasteiger partial charge in [-0.05, 0) is 50.3 Å². The van der Waals surface area contributed by atoms with Crippen LogP contribution >= 0.6 is 0 Å². The molecule has 4 rings (SSSR count). The zero-order valence-electron chi connectivity index (χ0n) is 16.7. The zero-order chi connectivity index (χ0) is 20.4. The summed E-state index contributed by atoms with van der Waals surface area (Å²) in [5.41, 5.74) is 3.07. The van der Waals surface area contributed by atoms with Crippen LogP contribution < -0.4 is 10.2 Å². The van der Waals surface area contributed by atoms with Gasteiger partial charge in [0.15, 0.2) is 5.65 Å². The van der Waals surface area contributed by atoms with Crippen molar-refractivity contribution in [2.75, 3.05) is 11.9 Å². The van der Waals surface area contributed by atoms with E-state index >= 15 is 0 Å². The molecule has 0 spiro atoms. The van der Waals surface area contributed by atoms with E-state index in [-0.39, 0.29) is 23.8 Å². The Morgan fingerprint density at radius 2 is 1.90 bits per heavy atom. The molecule has 7 nitrogen and oxygen atoms in total. The number of hydrogen-bond donors (Lipinski definition) is 1. The molecular formula is C22H25N5O2. The predicted molar refractivity (Wildman–Crippen MR) is 111 cm³/mol. The number of nitrogens with zero attached hydrogens (tertiary/aromatic N) is 4. The van der Waals surface area contributed by atoms with Gasteiger partial charge in [0.1, 0.15) is 5.56 Å². The molecule has 0 saturated heterocycles. The maximum atomic E-state index is 12.9. The number of carbonyl (C=O) groups is 2. The molecular weight excluding hydrogens is 366 g/mol. The number of hydrogen-bond acceptors (Lipinski definition) is 4. The third kappa shape index (κ3) is 3.85. The first kappa shape index (κ1) is 19.1. The number of nitrogens with one attached hydrogen (secondary N) is 1. The normalized spacial score (nSPS) is 19.1. The highest BCUT2D eigenvalue weighted by molar-refractivity contribution is 5.99. The molecule has 0 bridgehead atoms. The smallest absolute Gasteiger partial charge is 0.256 e. The maximum Gasteiger partial charge on any atom is 0.256 e. The minimum Gasteiger partial charge on any atom is -0.349 e. The van der Waals surface area contributed by atoms with Crippen molar-refractivity contribution in [2.45, 2.75) is 38.6 Å². The van der Waals surface area contributed by atoms with Crippen LogP contribution in [0.15, 0.2) is 48.9 Å². The Morgan fingerprint density at radius 1 is 1.14 bits per heavy atom. The molecule has 1 N–H and O–H groups in total. The largest absolute Gasteiger partial charge is 0.349 e. The van der Waals surface area contributed by atoms with Crippen LogP contribution in [0.3, 0.4) is 0 Å². The van der Waals surface area contributed by atoms with Crippen LogP contribution in [0.4, 0.5) is 5.69 Å². The third-order valence-electron chi connectivity index (χ3n) is 5.74. The average molecular weight is 391 g/mol. The average Bonchev–Trinajstić information content (AvgIpc) is 3.18. The molecule has 1 fully saturated rings. The summed E-state index contributed by atoms with van der Waals surface area (Å²) in [6, 6.07) is 9.75. The fourth-order valence-corrected chi connectivity index (χ4v) is 4.07. The molecule has 1 aromatic carbocycles. The molecule has 1 aliphatic rings. The van der Waals surface area contributed by atoms with Crippen LogP contribution in [0.5, 0.6) is 0 Å². The number of carbonyl (C=O) groups excluding carboxylic acids is 2. The lowest BCUT2D eigenvalue weighted by Crippen LogP contribution is -2.41. The molecule has 3 aromatic rings. The van der Waals surface area contributed by atoms with Gasteiger partial charge >= 0.3 is 0 Å². The summed E-state index contributed by atoms with van der Waals surface area (Å²) in [4.78, 5) is 31.6. The van der Waals surface area contributed by atoms with Crippen LogP contribution in [0.25, 0.3) is 5.65 Å². The van der Waals surface area contributed by atoms with E-state index in [1.165, 1.54) is 0 Å². The maximum absolute atomic E-state index is 12.9. The monoisotopic (exact) mass is 391 g/mol. The topological polar surface area (TPSA) is 79.6 Å². The van der Waals surface area contributed by atoms with Crippen molar-refractivity contribution in [2.24, 2.45) is 5.92 Å². The second-order valence-corrected chi connectivity index (χ2v) is 7.65. The van der Waals surface area contributed by atoms with E-state index in [0.717, 1.165) is 36.9 Å². The number of amides is 2. The van der Waals surface area contributed by atoms with Crippen molar-refractivity contribution in [3.8, 4) is 0 Å². The summed E-state index contributed by atoms with van der Waals surface area (Å²) in [7, 11) is 1.84. The third-order valence-corrected chi connectivity index (χ3v) is 5.74. The first-order chi connectivity index (χ1) is 14.0.